The number of hydrogen-bond acceptors (Lipinski definition) is 3. The maximum atomic E-state index is 8.72. The van der Waals surface area contributed by atoms with Gasteiger partial charge in [-0.3, -0.25) is 0 Å². The van der Waals surface area contributed by atoms with Gasteiger partial charge in [-0.15, -0.1) is 0 Å². The number of methoxy groups -OCH3 is 1. The molecule has 3 nitrogen and oxygen atoms in total. The van der Waals surface area contributed by atoms with Crippen LogP contribution < -0.4 is 10.1 Å². The molecule has 16 heavy (non-hydrogen) atoms. The van der Waals surface area contributed by atoms with Crippen molar-refractivity contribution in [2.24, 2.45) is 0 Å². The van der Waals surface area contributed by atoms with Crippen molar-refractivity contribution in [1.29, 1.82) is 0 Å². The Morgan fingerprint density at radius 2 is 2.25 bits per heavy atom. The number of rotatable bonds is 7. The predicted molar refractivity (Wildman–Crippen MR) is 65.6 cm³/mol. The van der Waals surface area contributed by atoms with Gasteiger partial charge in [-0.2, -0.15) is 0 Å². The molecule has 2 N–H and O–H groups in total. The standard InChI is InChI=1S/C13H21NO2/c1-11(5-4-8-15)14-10-12-6-3-7-13(9-12)16-2/h3,6-7,9,11,14-15H,4-5,8,10H2,1-2H3. The van der Waals surface area contributed by atoms with Crippen molar-refractivity contribution in [2.45, 2.75) is 32.4 Å². The third-order valence-electron chi connectivity index (χ3n) is 2.58. The topological polar surface area (TPSA) is 41.5 Å². The molecule has 0 spiro atoms. The molecule has 0 aliphatic heterocycles. The summed E-state index contributed by atoms with van der Waals surface area (Å²) in [5.74, 6) is 0.891. The van der Waals surface area contributed by atoms with Crippen LogP contribution in [0.3, 0.4) is 0 Å². The van der Waals surface area contributed by atoms with Crippen molar-refractivity contribution in [1.82, 2.24) is 5.32 Å². The second-order valence-corrected chi connectivity index (χ2v) is 4.00. The third-order valence-corrected chi connectivity index (χ3v) is 2.58. The zero-order valence-electron chi connectivity index (χ0n) is 10.1. The molecule has 0 fully saturated rings. The quantitative estimate of drug-likeness (QED) is 0.742. The average Bonchev–Trinajstić information content (AvgIpc) is 2.34. The van der Waals surface area contributed by atoms with Gasteiger partial charge >= 0.3 is 0 Å². The molecule has 1 aromatic carbocycles. The number of benzene rings is 1. The van der Waals surface area contributed by atoms with E-state index in [1.54, 1.807) is 7.11 Å². The molecule has 0 aliphatic rings. The van der Waals surface area contributed by atoms with E-state index in [1.807, 2.05) is 18.2 Å². The number of hydrogen-bond donors (Lipinski definition) is 2. The van der Waals surface area contributed by atoms with E-state index < -0.39 is 0 Å². The Bertz CT molecular complexity index is 302. The largest absolute Gasteiger partial charge is 0.497 e. The van der Waals surface area contributed by atoms with E-state index in [2.05, 4.69) is 18.3 Å². The fourth-order valence-electron chi connectivity index (χ4n) is 1.57. The van der Waals surface area contributed by atoms with Crippen LogP contribution in [0.2, 0.25) is 0 Å². The average molecular weight is 223 g/mol. The molecule has 3 heteroatoms. The van der Waals surface area contributed by atoms with Gasteiger partial charge in [0.15, 0.2) is 0 Å². The molecule has 0 radical (unpaired) electrons. The fraction of sp³-hybridized carbons (Fsp3) is 0.538. The SMILES string of the molecule is COc1cccc(CNC(C)CCCO)c1. The number of aliphatic hydroxyl groups excluding tert-OH is 1. The second-order valence-electron chi connectivity index (χ2n) is 4.00. The van der Waals surface area contributed by atoms with Crippen LogP contribution >= 0.6 is 0 Å². The summed E-state index contributed by atoms with van der Waals surface area (Å²) >= 11 is 0. The zero-order chi connectivity index (χ0) is 11.8. The first kappa shape index (κ1) is 13.0. The van der Waals surface area contributed by atoms with Gasteiger partial charge in [0.1, 0.15) is 5.75 Å². The van der Waals surface area contributed by atoms with Crippen LogP contribution in [0.1, 0.15) is 25.3 Å². The number of aliphatic hydroxyl groups is 1. The van der Waals surface area contributed by atoms with Crippen LogP contribution in [-0.2, 0) is 6.54 Å². The first-order valence-corrected chi connectivity index (χ1v) is 5.73. The van der Waals surface area contributed by atoms with Crippen LogP contribution in [0.25, 0.3) is 0 Å². The maximum Gasteiger partial charge on any atom is 0.119 e. The smallest absolute Gasteiger partial charge is 0.119 e. The van der Waals surface area contributed by atoms with E-state index in [1.165, 1.54) is 5.56 Å². The van der Waals surface area contributed by atoms with Gasteiger partial charge in [0.05, 0.1) is 7.11 Å². The molecule has 0 amide bonds. The predicted octanol–water partition coefficient (Wildman–Crippen LogP) is 1.95. The van der Waals surface area contributed by atoms with Gasteiger partial charge in [0.25, 0.3) is 0 Å². The highest BCUT2D eigenvalue weighted by Gasteiger charge is 2.01. The van der Waals surface area contributed by atoms with E-state index >= 15 is 0 Å². The Balaban J connectivity index is 2.35. The summed E-state index contributed by atoms with van der Waals surface area (Å²) in [6, 6.07) is 8.48. The monoisotopic (exact) mass is 223 g/mol. The van der Waals surface area contributed by atoms with Crippen molar-refractivity contribution < 1.29 is 9.84 Å². The number of ether oxygens (including phenoxy) is 1. The van der Waals surface area contributed by atoms with Gasteiger partial charge in [-0.05, 0) is 37.5 Å². The minimum absolute atomic E-state index is 0.269. The summed E-state index contributed by atoms with van der Waals surface area (Å²) < 4.78 is 5.17. The lowest BCUT2D eigenvalue weighted by molar-refractivity contribution is 0.276. The highest BCUT2D eigenvalue weighted by Crippen LogP contribution is 2.12. The fourth-order valence-corrected chi connectivity index (χ4v) is 1.57. The van der Waals surface area contributed by atoms with E-state index in [0.717, 1.165) is 25.1 Å². The molecule has 0 bridgehead atoms. The maximum absolute atomic E-state index is 8.72. The normalized spacial score (nSPS) is 12.4. The first-order chi connectivity index (χ1) is 7.76. The van der Waals surface area contributed by atoms with Crippen LogP contribution in [-0.4, -0.2) is 24.9 Å². The molecule has 0 heterocycles. The molecule has 1 rings (SSSR count). The van der Waals surface area contributed by atoms with E-state index in [4.69, 9.17) is 9.84 Å². The van der Waals surface area contributed by atoms with Crippen LogP contribution in [0, 0.1) is 0 Å². The Morgan fingerprint density at radius 3 is 2.94 bits per heavy atom. The molecule has 0 saturated heterocycles. The summed E-state index contributed by atoms with van der Waals surface area (Å²) in [5.41, 5.74) is 1.22. The Labute approximate surface area is 97.4 Å². The molecule has 0 aromatic heterocycles. The summed E-state index contributed by atoms with van der Waals surface area (Å²) in [7, 11) is 1.68. The van der Waals surface area contributed by atoms with Crippen molar-refractivity contribution in [3.05, 3.63) is 29.8 Å². The van der Waals surface area contributed by atoms with Crippen LogP contribution in [0.5, 0.6) is 5.75 Å². The molecular weight excluding hydrogens is 202 g/mol. The van der Waals surface area contributed by atoms with E-state index in [9.17, 15) is 0 Å². The zero-order valence-corrected chi connectivity index (χ0v) is 10.1. The van der Waals surface area contributed by atoms with Crippen LogP contribution in [0.4, 0.5) is 0 Å². The Hall–Kier alpha value is -1.06. The lowest BCUT2D eigenvalue weighted by Gasteiger charge is -2.13. The minimum Gasteiger partial charge on any atom is -0.497 e. The van der Waals surface area contributed by atoms with Gasteiger partial charge < -0.3 is 15.2 Å². The van der Waals surface area contributed by atoms with Crippen molar-refractivity contribution >= 4 is 0 Å². The van der Waals surface area contributed by atoms with Crippen molar-refractivity contribution in [3.63, 3.8) is 0 Å². The van der Waals surface area contributed by atoms with E-state index in [-0.39, 0.29) is 6.61 Å². The first-order valence-electron chi connectivity index (χ1n) is 5.73. The summed E-state index contributed by atoms with van der Waals surface area (Å²) in [5, 5.41) is 12.1. The van der Waals surface area contributed by atoms with Crippen molar-refractivity contribution in [3.8, 4) is 5.75 Å². The molecule has 90 valence electrons. The summed E-state index contributed by atoms with van der Waals surface area (Å²) in [6.45, 7) is 3.24. The second kappa shape index (κ2) is 7.25. The molecular formula is C13H21NO2. The lowest BCUT2D eigenvalue weighted by atomic mass is 10.1. The van der Waals surface area contributed by atoms with Gasteiger partial charge in [0, 0.05) is 19.2 Å². The Kier molecular flexibility index (Phi) is 5.90. The van der Waals surface area contributed by atoms with Gasteiger partial charge in [-0.25, -0.2) is 0 Å². The molecule has 0 saturated carbocycles. The third kappa shape index (κ3) is 4.64. The highest BCUT2D eigenvalue weighted by molar-refractivity contribution is 5.28. The van der Waals surface area contributed by atoms with Gasteiger partial charge in [-0.1, -0.05) is 12.1 Å². The summed E-state index contributed by atoms with van der Waals surface area (Å²) in [6.07, 6.45) is 1.85. The Morgan fingerprint density at radius 1 is 1.44 bits per heavy atom. The molecule has 1 aromatic rings. The van der Waals surface area contributed by atoms with E-state index in [0.29, 0.717) is 6.04 Å². The molecule has 1 unspecified atom stereocenters. The lowest BCUT2D eigenvalue weighted by Crippen LogP contribution is -2.25. The van der Waals surface area contributed by atoms with Gasteiger partial charge in [0.2, 0.25) is 0 Å². The van der Waals surface area contributed by atoms with Crippen molar-refractivity contribution in [2.75, 3.05) is 13.7 Å². The minimum atomic E-state index is 0.269. The molecule has 0 aliphatic carbocycles. The number of nitrogens with one attached hydrogen (secondary N) is 1. The summed E-state index contributed by atoms with van der Waals surface area (Å²) in [4.78, 5) is 0. The molecule has 1 atom stereocenters. The van der Waals surface area contributed by atoms with Crippen LogP contribution in [0.15, 0.2) is 24.3 Å². The highest BCUT2D eigenvalue weighted by atomic mass is 16.5.